The maximum Gasteiger partial charge on any atom is 0.124 e. The lowest BCUT2D eigenvalue weighted by Crippen LogP contribution is -2.04. The average Bonchev–Trinajstić information content (AvgIpc) is 2.60. The molecule has 2 aromatic rings. The summed E-state index contributed by atoms with van der Waals surface area (Å²) in [4.78, 5) is 4.26. The number of anilines is 1. The molecule has 0 fully saturated rings. The molecule has 0 bridgehead atoms. The summed E-state index contributed by atoms with van der Waals surface area (Å²) >= 11 is 7.32. The molecule has 0 radical (unpaired) electrons. The summed E-state index contributed by atoms with van der Waals surface area (Å²) in [5.74, 6) is 0. The molecule has 2 aromatic heterocycles. The van der Waals surface area contributed by atoms with Crippen molar-refractivity contribution < 1.29 is 0 Å². The van der Waals surface area contributed by atoms with E-state index in [1.807, 2.05) is 23.7 Å². The number of halogens is 1. The summed E-state index contributed by atoms with van der Waals surface area (Å²) in [6, 6.07) is 3.95. The van der Waals surface area contributed by atoms with Crippen LogP contribution in [0.1, 0.15) is 25.6 Å². The van der Waals surface area contributed by atoms with Crippen molar-refractivity contribution in [3.8, 4) is 0 Å². The van der Waals surface area contributed by atoms with Crippen molar-refractivity contribution >= 4 is 29.1 Å². The van der Waals surface area contributed by atoms with Crippen LogP contribution in [0, 0.1) is 6.92 Å². The van der Waals surface area contributed by atoms with E-state index in [2.05, 4.69) is 23.9 Å². The quantitative estimate of drug-likeness (QED) is 0.935. The van der Waals surface area contributed by atoms with Crippen LogP contribution in [0.5, 0.6) is 0 Å². The van der Waals surface area contributed by atoms with E-state index in [4.69, 9.17) is 17.3 Å². The van der Waals surface area contributed by atoms with Crippen LogP contribution in [0.3, 0.4) is 0 Å². The van der Waals surface area contributed by atoms with Crippen LogP contribution in [-0.4, -0.2) is 14.8 Å². The number of nitrogens with zero attached hydrogens (tertiary/aromatic N) is 3. The van der Waals surface area contributed by atoms with Crippen molar-refractivity contribution in [3.05, 3.63) is 29.0 Å². The summed E-state index contributed by atoms with van der Waals surface area (Å²) in [7, 11) is 0. The maximum atomic E-state index is 6.06. The smallest absolute Gasteiger partial charge is 0.124 e. The van der Waals surface area contributed by atoms with E-state index >= 15 is 0 Å². The number of nitrogen functional groups attached to an aromatic ring is 1. The fourth-order valence-electron chi connectivity index (χ4n) is 1.51. The molecule has 4 nitrogen and oxygen atoms in total. The Morgan fingerprint density at radius 3 is 2.67 bits per heavy atom. The second kappa shape index (κ2) is 5.20. The van der Waals surface area contributed by atoms with Crippen LogP contribution >= 0.6 is 23.4 Å². The molecule has 0 aliphatic carbocycles. The van der Waals surface area contributed by atoms with Crippen LogP contribution < -0.4 is 5.73 Å². The predicted molar refractivity (Wildman–Crippen MR) is 75.1 cm³/mol. The predicted octanol–water partition coefficient (Wildman–Crippen LogP) is 3.55. The molecule has 2 heterocycles. The Kier molecular flexibility index (Phi) is 3.82. The van der Waals surface area contributed by atoms with Crippen molar-refractivity contribution in [1.29, 1.82) is 0 Å². The Morgan fingerprint density at radius 2 is 2.11 bits per heavy atom. The molecule has 2 rings (SSSR count). The molecule has 2 N–H and O–H groups in total. The summed E-state index contributed by atoms with van der Waals surface area (Å²) in [6.45, 7) is 6.06. The SMILES string of the molecule is Cc1nn(C(C)C)c(Sc2ccc(Cl)cn2)c1N. The van der Waals surface area contributed by atoms with Gasteiger partial charge in [-0.15, -0.1) is 0 Å². The summed E-state index contributed by atoms with van der Waals surface area (Å²) in [5.41, 5.74) is 7.62. The molecule has 6 heteroatoms. The number of nitrogens with two attached hydrogens (primary N) is 1. The summed E-state index contributed by atoms with van der Waals surface area (Å²) in [6.07, 6.45) is 1.63. The van der Waals surface area contributed by atoms with Gasteiger partial charge in [0.2, 0.25) is 0 Å². The van der Waals surface area contributed by atoms with E-state index in [0.29, 0.717) is 10.7 Å². The summed E-state index contributed by atoms with van der Waals surface area (Å²) < 4.78 is 1.92. The van der Waals surface area contributed by atoms with E-state index in [-0.39, 0.29) is 6.04 Å². The lowest BCUT2D eigenvalue weighted by Gasteiger charge is -2.10. The molecule has 0 aliphatic rings. The van der Waals surface area contributed by atoms with Crippen molar-refractivity contribution in [2.24, 2.45) is 0 Å². The maximum absolute atomic E-state index is 6.06. The zero-order chi connectivity index (χ0) is 13.3. The number of pyridine rings is 1. The highest BCUT2D eigenvalue weighted by Crippen LogP contribution is 2.34. The second-order valence-corrected chi connectivity index (χ2v) is 5.70. The Balaban J connectivity index is 2.36. The first-order valence-corrected chi connectivity index (χ1v) is 6.82. The van der Waals surface area contributed by atoms with Crippen molar-refractivity contribution in [2.75, 3.05) is 5.73 Å². The minimum atomic E-state index is 0.260. The van der Waals surface area contributed by atoms with E-state index in [9.17, 15) is 0 Å². The first-order chi connectivity index (χ1) is 8.49. The Labute approximate surface area is 116 Å². The number of rotatable bonds is 3. The monoisotopic (exact) mass is 282 g/mol. The molecule has 18 heavy (non-hydrogen) atoms. The molecule has 0 spiro atoms. The zero-order valence-corrected chi connectivity index (χ0v) is 12.1. The molecule has 0 amide bonds. The third-order valence-corrected chi connectivity index (χ3v) is 3.75. The minimum Gasteiger partial charge on any atom is -0.395 e. The lowest BCUT2D eigenvalue weighted by atomic mass is 10.4. The van der Waals surface area contributed by atoms with E-state index in [1.165, 1.54) is 11.8 Å². The van der Waals surface area contributed by atoms with Gasteiger partial charge in [0.05, 0.1) is 16.4 Å². The van der Waals surface area contributed by atoms with Gasteiger partial charge in [0.1, 0.15) is 10.1 Å². The standard InChI is InChI=1S/C12H15ClN4S/c1-7(2)17-12(11(14)8(3)16-17)18-10-5-4-9(13)6-15-10/h4-7H,14H2,1-3H3. The molecule has 0 saturated heterocycles. The number of hydrogen-bond acceptors (Lipinski definition) is 4. The van der Waals surface area contributed by atoms with Crippen LogP contribution in [0.2, 0.25) is 5.02 Å². The van der Waals surface area contributed by atoms with Crippen LogP contribution in [0.25, 0.3) is 0 Å². The lowest BCUT2D eigenvalue weighted by molar-refractivity contribution is 0.491. The van der Waals surface area contributed by atoms with Gasteiger partial charge in [-0.25, -0.2) is 4.98 Å². The molecular formula is C12H15ClN4S. The van der Waals surface area contributed by atoms with Crippen molar-refractivity contribution in [3.63, 3.8) is 0 Å². The molecule has 0 aliphatic heterocycles. The minimum absolute atomic E-state index is 0.260. The second-order valence-electron chi connectivity index (χ2n) is 4.26. The van der Waals surface area contributed by atoms with E-state index in [0.717, 1.165) is 15.7 Å². The first-order valence-electron chi connectivity index (χ1n) is 5.63. The Bertz CT molecular complexity index is 548. The Morgan fingerprint density at radius 1 is 1.39 bits per heavy atom. The number of aryl methyl sites for hydroxylation is 1. The van der Waals surface area contributed by atoms with Gasteiger partial charge in [0.15, 0.2) is 0 Å². The largest absolute Gasteiger partial charge is 0.395 e. The molecule has 0 aromatic carbocycles. The van der Waals surface area contributed by atoms with Gasteiger partial charge >= 0.3 is 0 Å². The van der Waals surface area contributed by atoms with Crippen molar-refractivity contribution in [2.45, 2.75) is 36.9 Å². The van der Waals surface area contributed by atoms with E-state index < -0.39 is 0 Å². The first kappa shape index (κ1) is 13.2. The van der Waals surface area contributed by atoms with Crippen molar-refractivity contribution in [1.82, 2.24) is 14.8 Å². The van der Waals surface area contributed by atoms with Gasteiger partial charge < -0.3 is 5.73 Å². The highest BCUT2D eigenvalue weighted by atomic mass is 35.5. The van der Waals surface area contributed by atoms with Crippen LogP contribution in [0.15, 0.2) is 28.4 Å². The molecular weight excluding hydrogens is 268 g/mol. The molecule has 0 unspecified atom stereocenters. The number of hydrogen-bond donors (Lipinski definition) is 1. The highest BCUT2D eigenvalue weighted by molar-refractivity contribution is 7.99. The molecule has 96 valence electrons. The Hall–Kier alpha value is -1.20. The zero-order valence-electron chi connectivity index (χ0n) is 10.5. The van der Waals surface area contributed by atoms with Gasteiger partial charge in [-0.3, -0.25) is 4.68 Å². The fourth-order valence-corrected chi connectivity index (χ4v) is 2.67. The topological polar surface area (TPSA) is 56.7 Å². The normalized spacial score (nSPS) is 11.2. The number of aromatic nitrogens is 3. The molecule has 0 saturated carbocycles. The third kappa shape index (κ3) is 2.62. The van der Waals surface area contributed by atoms with Gasteiger partial charge in [-0.2, -0.15) is 5.10 Å². The highest BCUT2D eigenvalue weighted by Gasteiger charge is 2.16. The average molecular weight is 283 g/mol. The van der Waals surface area contributed by atoms with Gasteiger partial charge in [0, 0.05) is 12.2 Å². The summed E-state index contributed by atoms with van der Waals surface area (Å²) in [5, 5.41) is 6.85. The van der Waals surface area contributed by atoms with Gasteiger partial charge in [-0.05, 0) is 44.7 Å². The molecule has 0 atom stereocenters. The van der Waals surface area contributed by atoms with Crippen LogP contribution in [-0.2, 0) is 0 Å². The van der Waals surface area contributed by atoms with Gasteiger partial charge in [-0.1, -0.05) is 11.6 Å². The van der Waals surface area contributed by atoms with E-state index in [1.54, 1.807) is 6.20 Å². The van der Waals surface area contributed by atoms with Gasteiger partial charge in [0.25, 0.3) is 0 Å². The fraction of sp³-hybridized carbons (Fsp3) is 0.333. The van der Waals surface area contributed by atoms with Crippen LogP contribution in [0.4, 0.5) is 5.69 Å². The third-order valence-electron chi connectivity index (χ3n) is 2.48.